The van der Waals surface area contributed by atoms with E-state index in [2.05, 4.69) is 5.32 Å². The lowest BCUT2D eigenvalue weighted by Crippen LogP contribution is -2.49. The largest absolute Gasteiger partial charge is 0.476 e. The first kappa shape index (κ1) is 24.1. The summed E-state index contributed by atoms with van der Waals surface area (Å²) in [7, 11) is -3.96. The van der Waals surface area contributed by atoms with E-state index in [0.717, 1.165) is 35.2 Å². The van der Waals surface area contributed by atoms with E-state index in [4.69, 9.17) is 16.3 Å². The zero-order chi connectivity index (χ0) is 24.5. The van der Waals surface area contributed by atoms with E-state index in [1.54, 1.807) is 42.5 Å². The van der Waals surface area contributed by atoms with Crippen LogP contribution in [0.4, 0.5) is 11.4 Å². The third-order valence-electron chi connectivity index (χ3n) is 5.94. The van der Waals surface area contributed by atoms with E-state index in [1.807, 2.05) is 39.0 Å². The van der Waals surface area contributed by atoms with Gasteiger partial charge in [-0.1, -0.05) is 61.3 Å². The fourth-order valence-electron chi connectivity index (χ4n) is 4.03. The topological polar surface area (TPSA) is 75.7 Å². The van der Waals surface area contributed by atoms with Crippen molar-refractivity contribution < 1.29 is 17.9 Å². The van der Waals surface area contributed by atoms with Gasteiger partial charge in [0.25, 0.3) is 15.9 Å². The number of para-hydroxylation sites is 1. The van der Waals surface area contributed by atoms with Crippen LogP contribution in [0.5, 0.6) is 5.75 Å². The van der Waals surface area contributed by atoms with Crippen LogP contribution in [0.1, 0.15) is 30.5 Å². The molecule has 1 unspecified atom stereocenters. The second kappa shape index (κ2) is 9.68. The minimum absolute atomic E-state index is 0.134. The molecule has 1 N–H and O–H groups in total. The summed E-state index contributed by atoms with van der Waals surface area (Å²) in [5.74, 6) is -0.119. The van der Waals surface area contributed by atoms with Crippen molar-refractivity contribution in [2.45, 2.75) is 44.6 Å². The maximum absolute atomic E-state index is 13.6. The Bertz CT molecular complexity index is 1300. The third kappa shape index (κ3) is 4.63. The van der Waals surface area contributed by atoms with E-state index in [0.29, 0.717) is 10.7 Å². The second-order valence-electron chi connectivity index (χ2n) is 8.22. The molecule has 0 radical (unpaired) electrons. The summed E-state index contributed by atoms with van der Waals surface area (Å²) < 4.78 is 34.4. The second-order valence-corrected chi connectivity index (χ2v) is 10.5. The molecule has 1 aliphatic heterocycles. The Labute approximate surface area is 205 Å². The first-order valence-electron chi connectivity index (χ1n) is 11.2. The Morgan fingerprint density at radius 1 is 1.06 bits per heavy atom. The number of hydrogen-bond donors (Lipinski definition) is 1. The number of ether oxygens (including phenoxy) is 1. The van der Waals surface area contributed by atoms with Crippen LogP contribution < -0.4 is 14.4 Å². The third-order valence-corrected chi connectivity index (χ3v) is 7.97. The Hall–Kier alpha value is -3.03. The number of amides is 1. The maximum Gasteiger partial charge on any atom is 0.267 e. The van der Waals surface area contributed by atoms with Gasteiger partial charge in [-0.25, -0.2) is 8.42 Å². The van der Waals surface area contributed by atoms with Crippen molar-refractivity contribution in [3.05, 3.63) is 82.4 Å². The summed E-state index contributed by atoms with van der Waals surface area (Å²) in [5, 5.41) is 3.37. The molecule has 1 atom stereocenters. The van der Waals surface area contributed by atoms with Crippen molar-refractivity contribution in [3.8, 4) is 5.75 Å². The predicted molar refractivity (Wildman–Crippen MR) is 135 cm³/mol. The number of sulfonamides is 1. The van der Waals surface area contributed by atoms with Gasteiger partial charge in [-0.05, 0) is 61.2 Å². The molecule has 0 aliphatic carbocycles. The van der Waals surface area contributed by atoms with E-state index < -0.39 is 22.0 Å². The minimum atomic E-state index is -3.96. The van der Waals surface area contributed by atoms with Crippen LogP contribution in [0, 0.1) is 6.92 Å². The zero-order valence-electron chi connectivity index (χ0n) is 19.3. The van der Waals surface area contributed by atoms with Crippen molar-refractivity contribution in [3.63, 3.8) is 0 Å². The quantitative estimate of drug-likeness (QED) is 0.496. The molecule has 0 fully saturated rings. The highest BCUT2D eigenvalue weighted by Crippen LogP contribution is 2.39. The molecule has 0 aromatic heterocycles. The molecular formula is C26H27ClN2O4S. The smallest absolute Gasteiger partial charge is 0.267 e. The summed E-state index contributed by atoms with van der Waals surface area (Å²) in [6, 6.07) is 17.3. The van der Waals surface area contributed by atoms with Crippen LogP contribution in [0.3, 0.4) is 0 Å². The molecule has 34 heavy (non-hydrogen) atoms. The van der Waals surface area contributed by atoms with Gasteiger partial charge < -0.3 is 10.1 Å². The van der Waals surface area contributed by atoms with Crippen molar-refractivity contribution in [1.29, 1.82) is 0 Å². The van der Waals surface area contributed by atoms with Crippen LogP contribution in [0.2, 0.25) is 5.02 Å². The van der Waals surface area contributed by atoms with Crippen LogP contribution in [-0.2, 0) is 27.7 Å². The van der Waals surface area contributed by atoms with E-state index in [-0.39, 0.29) is 17.2 Å². The average molecular weight is 499 g/mol. The van der Waals surface area contributed by atoms with Gasteiger partial charge in [0.2, 0.25) is 0 Å². The molecule has 0 saturated carbocycles. The van der Waals surface area contributed by atoms with Gasteiger partial charge in [0.1, 0.15) is 5.75 Å². The highest BCUT2D eigenvalue weighted by molar-refractivity contribution is 7.92. The van der Waals surface area contributed by atoms with Crippen molar-refractivity contribution in [2.24, 2.45) is 0 Å². The van der Waals surface area contributed by atoms with Crippen LogP contribution >= 0.6 is 11.6 Å². The zero-order valence-corrected chi connectivity index (χ0v) is 20.9. The van der Waals surface area contributed by atoms with Crippen molar-refractivity contribution >= 4 is 38.9 Å². The van der Waals surface area contributed by atoms with Gasteiger partial charge in [-0.2, -0.15) is 0 Å². The normalized spacial score (nSPS) is 15.4. The van der Waals surface area contributed by atoms with E-state index in [1.165, 1.54) is 4.31 Å². The highest BCUT2D eigenvalue weighted by atomic mass is 35.5. The summed E-state index contributed by atoms with van der Waals surface area (Å²) in [6.07, 6.45) is 0.470. The summed E-state index contributed by atoms with van der Waals surface area (Å²) in [4.78, 5) is 13.5. The van der Waals surface area contributed by atoms with Gasteiger partial charge in [0.05, 0.1) is 17.1 Å². The van der Waals surface area contributed by atoms with Gasteiger partial charge in [-0.3, -0.25) is 9.10 Å². The highest BCUT2D eigenvalue weighted by Gasteiger charge is 2.38. The number of hydrogen-bond acceptors (Lipinski definition) is 4. The summed E-state index contributed by atoms with van der Waals surface area (Å²) >= 11 is 6.18. The van der Waals surface area contributed by atoms with Gasteiger partial charge in [0.15, 0.2) is 6.10 Å². The number of nitrogens with one attached hydrogen (secondary N) is 1. The number of halogens is 1. The van der Waals surface area contributed by atoms with Crippen LogP contribution in [-0.4, -0.2) is 27.0 Å². The fourth-order valence-corrected chi connectivity index (χ4v) is 5.67. The fraction of sp³-hybridized carbons (Fsp3) is 0.269. The van der Waals surface area contributed by atoms with Gasteiger partial charge in [-0.15, -0.1) is 0 Å². The van der Waals surface area contributed by atoms with E-state index >= 15 is 0 Å². The molecule has 1 amide bonds. The number of nitrogens with zero attached hydrogens (tertiary/aromatic N) is 1. The number of rotatable bonds is 6. The molecule has 0 saturated heterocycles. The number of aryl methyl sites for hydroxylation is 3. The standard InChI is InChI=1S/C26H27ClN2O4S/c1-4-18-7-6-8-19(5-2)25(18)28-26(30)24-16-29(22-15-20(27)11-14-23(22)33-24)34(31,32)21-12-9-17(3)10-13-21/h6-15,24H,4-5,16H2,1-3H3,(H,28,30). The average Bonchev–Trinajstić information content (AvgIpc) is 2.83. The lowest BCUT2D eigenvalue weighted by Gasteiger charge is -2.35. The number of benzene rings is 3. The molecule has 1 aliphatic rings. The number of carbonyl (C=O) groups excluding carboxylic acids is 1. The van der Waals surface area contributed by atoms with Crippen molar-refractivity contribution in [2.75, 3.05) is 16.2 Å². The van der Waals surface area contributed by atoms with E-state index in [9.17, 15) is 13.2 Å². The molecule has 3 aromatic carbocycles. The van der Waals surface area contributed by atoms with Crippen molar-refractivity contribution in [1.82, 2.24) is 0 Å². The monoisotopic (exact) mass is 498 g/mol. The number of carbonyl (C=O) groups is 1. The molecule has 0 spiro atoms. The summed E-state index contributed by atoms with van der Waals surface area (Å²) in [6.45, 7) is 5.76. The van der Waals surface area contributed by atoms with Crippen LogP contribution in [0.25, 0.3) is 0 Å². The number of anilines is 2. The van der Waals surface area contributed by atoms with Gasteiger partial charge >= 0.3 is 0 Å². The Kier molecular flexibility index (Phi) is 6.86. The molecule has 8 heteroatoms. The Morgan fingerprint density at radius 3 is 2.32 bits per heavy atom. The molecule has 4 rings (SSSR count). The summed E-state index contributed by atoms with van der Waals surface area (Å²) in [5.41, 5.74) is 4.04. The molecule has 3 aromatic rings. The molecule has 6 nitrogen and oxygen atoms in total. The van der Waals surface area contributed by atoms with Crippen LogP contribution in [0.15, 0.2) is 65.6 Å². The lowest BCUT2D eigenvalue weighted by molar-refractivity contribution is -0.122. The Balaban J connectivity index is 1.71. The minimum Gasteiger partial charge on any atom is -0.476 e. The number of fused-ring (bicyclic) bond motifs is 1. The molecular weight excluding hydrogens is 472 g/mol. The SMILES string of the molecule is CCc1cccc(CC)c1NC(=O)C1CN(S(=O)(=O)c2ccc(C)cc2)c2cc(Cl)ccc2O1. The Morgan fingerprint density at radius 2 is 1.71 bits per heavy atom. The van der Waals surface area contributed by atoms with Gasteiger partial charge in [0, 0.05) is 10.7 Å². The first-order chi connectivity index (χ1) is 16.2. The lowest BCUT2D eigenvalue weighted by atomic mass is 10.0. The molecule has 178 valence electrons. The molecule has 0 bridgehead atoms. The maximum atomic E-state index is 13.6. The first-order valence-corrected chi connectivity index (χ1v) is 13.0. The molecule has 1 heterocycles. The predicted octanol–water partition coefficient (Wildman–Crippen LogP) is 5.37.